The third-order valence-corrected chi connectivity index (χ3v) is 3.66. The Hall–Kier alpha value is -0.610. The Morgan fingerprint density at radius 2 is 1.76 bits per heavy atom. The van der Waals surface area contributed by atoms with Crippen LogP contribution in [0.3, 0.4) is 0 Å². The van der Waals surface area contributed by atoms with E-state index in [0.717, 1.165) is 44.9 Å². The van der Waals surface area contributed by atoms with Crippen molar-refractivity contribution in [1.82, 2.24) is 0 Å². The van der Waals surface area contributed by atoms with E-state index >= 15 is 0 Å². The van der Waals surface area contributed by atoms with Crippen LogP contribution in [0.25, 0.3) is 0 Å². The van der Waals surface area contributed by atoms with Crippen molar-refractivity contribution in [3.05, 3.63) is 0 Å². The summed E-state index contributed by atoms with van der Waals surface area (Å²) in [5.41, 5.74) is 0. The summed E-state index contributed by atoms with van der Waals surface area (Å²) in [5.74, 6) is -0.0526. The van der Waals surface area contributed by atoms with Crippen molar-refractivity contribution in [3.63, 3.8) is 0 Å². The predicted octanol–water partition coefficient (Wildman–Crippen LogP) is 1.79. The third-order valence-electron chi connectivity index (χ3n) is 3.66. The molecule has 0 saturated carbocycles. The highest BCUT2D eigenvalue weighted by Crippen LogP contribution is 2.28. The molecule has 0 aromatic rings. The minimum Gasteiger partial charge on any atom is -0.462 e. The topological polar surface area (TPSA) is 55.8 Å². The summed E-state index contributed by atoms with van der Waals surface area (Å²) in [6, 6.07) is 0. The summed E-state index contributed by atoms with van der Waals surface area (Å²) >= 11 is 0. The van der Waals surface area contributed by atoms with Crippen molar-refractivity contribution < 1.29 is 19.4 Å². The second-order valence-corrected chi connectivity index (χ2v) is 5.05. The van der Waals surface area contributed by atoms with E-state index in [1.165, 1.54) is 0 Å². The molecule has 17 heavy (non-hydrogen) atoms. The number of ether oxygens (including phenoxy) is 2. The van der Waals surface area contributed by atoms with E-state index in [1.807, 2.05) is 0 Å². The second kappa shape index (κ2) is 6.36. The Morgan fingerprint density at radius 1 is 1.06 bits per heavy atom. The van der Waals surface area contributed by atoms with Crippen molar-refractivity contribution >= 4 is 5.97 Å². The Morgan fingerprint density at radius 3 is 2.41 bits per heavy atom. The van der Waals surface area contributed by atoms with E-state index in [2.05, 4.69) is 0 Å². The maximum atomic E-state index is 10.9. The molecule has 2 aliphatic rings. The van der Waals surface area contributed by atoms with Crippen LogP contribution in [0.1, 0.15) is 51.4 Å². The molecule has 2 heterocycles. The SMILES string of the molecule is O=C1CCC(CCC2CCC(CCCO)O2)O1. The lowest BCUT2D eigenvalue weighted by molar-refractivity contribution is -0.141. The molecule has 0 aromatic carbocycles. The first-order valence-corrected chi connectivity index (χ1v) is 6.73. The van der Waals surface area contributed by atoms with Crippen LogP contribution in [-0.2, 0) is 14.3 Å². The molecule has 2 aliphatic heterocycles. The Bertz CT molecular complexity index is 254. The van der Waals surface area contributed by atoms with E-state index in [-0.39, 0.29) is 18.7 Å². The fourth-order valence-corrected chi connectivity index (χ4v) is 2.68. The average molecular weight is 242 g/mol. The zero-order chi connectivity index (χ0) is 12.1. The van der Waals surface area contributed by atoms with E-state index in [4.69, 9.17) is 14.6 Å². The summed E-state index contributed by atoms with van der Waals surface area (Å²) in [5, 5.41) is 8.76. The minimum absolute atomic E-state index is 0.0526. The van der Waals surface area contributed by atoms with Gasteiger partial charge in [0, 0.05) is 13.0 Å². The van der Waals surface area contributed by atoms with Gasteiger partial charge in [-0.05, 0) is 44.9 Å². The maximum Gasteiger partial charge on any atom is 0.306 e. The van der Waals surface area contributed by atoms with E-state index in [1.54, 1.807) is 0 Å². The zero-order valence-electron chi connectivity index (χ0n) is 10.3. The number of hydrogen-bond acceptors (Lipinski definition) is 4. The van der Waals surface area contributed by atoms with Crippen LogP contribution in [0.15, 0.2) is 0 Å². The van der Waals surface area contributed by atoms with Gasteiger partial charge in [-0.25, -0.2) is 0 Å². The first-order chi connectivity index (χ1) is 8.28. The molecule has 0 aromatic heterocycles. The molecule has 0 amide bonds. The summed E-state index contributed by atoms with van der Waals surface area (Å²) in [4.78, 5) is 10.9. The quantitative estimate of drug-likeness (QED) is 0.721. The molecule has 0 aliphatic carbocycles. The molecule has 3 unspecified atom stereocenters. The van der Waals surface area contributed by atoms with Crippen molar-refractivity contribution in [2.45, 2.75) is 69.7 Å². The van der Waals surface area contributed by atoms with E-state index < -0.39 is 0 Å². The summed E-state index contributed by atoms with van der Waals surface area (Å²) in [7, 11) is 0. The molecule has 4 nitrogen and oxygen atoms in total. The molecular formula is C13H22O4. The van der Waals surface area contributed by atoms with Crippen LogP contribution < -0.4 is 0 Å². The molecule has 0 spiro atoms. The number of cyclic esters (lactones) is 1. The molecule has 4 heteroatoms. The number of hydrogen-bond donors (Lipinski definition) is 1. The van der Waals surface area contributed by atoms with Crippen molar-refractivity contribution in [2.75, 3.05) is 6.61 Å². The van der Waals surface area contributed by atoms with Gasteiger partial charge in [-0.1, -0.05) is 0 Å². The number of aliphatic hydroxyl groups is 1. The molecule has 0 bridgehead atoms. The fraction of sp³-hybridized carbons (Fsp3) is 0.923. The van der Waals surface area contributed by atoms with Gasteiger partial charge in [-0.15, -0.1) is 0 Å². The van der Waals surface area contributed by atoms with Gasteiger partial charge in [0.25, 0.3) is 0 Å². The van der Waals surface area contributed by atoms with Gasteiger partial charge in [0.2, 0.25) is 0 Å². The van der Waals surface area contributed by atoms with Crippen LogP contribution in [0, 0.1) is 0 Å². The molecule has 98 valence electrons. The highest BCUT2D eigenvalue weighted by atomic mass is 16.5. The Kier molecular flexibility index (Phi) is 4.80. The molecule has 2 saturated heterocycles. The van der Waals surface area contributed by atoms with Crippen LogP contribution >= 0.6 is 0 Å². The monoisotopic (exact) mass is 242 g/mol. The first kappa shape index (κ1) is 12.8. The maximum absolute atomic E-state index is 10.9. The van der Waals surface area contributed by atoms with Gasteiger partial charge >= 0.3 is 5.97 Å². The van der Waals surface area contributed by atoms with Gasteiger partial charge < -0.3 is 14.6 Å². The van der Waals surface area contributed by atoms with Crippen LogP contribution in [0.2, 0.25) is 0 Å². The van der Waals surface area contributed by atoms with Crippen LogP contribution in [-0.4, -0.2) is 36.0 Å². The van der Waals surface area contributed by atoms with Gasteiger partial charge in [-0.2, -0.15) is 0 Å². The Balaban J connectivity index is 1.59. The smallest absolute Gasteiger partial charge is 0.306 e. The normalized spacial score (nSPS) is 33.0. The van der Waals surface area contributed by atoms with E-state index in [9.17, 15) is 4.79 Å². The standard InChI is InChI=1S/C13H22O4/c14-9-1-2-10-3-4-11(16-10)5-6-12-7-8-13(15)17-12/h10-12,14H,1-9H2. The molecule has 2 rings (SSSR count). The summed E-state index contributed by atoms with van der Waals surface area (Å²) < 4.78 is 11.1. The lowest BCUT2D eigenvalue weighted by Crippen LogP contribution is -2.15. The van der Waals surface area contributed by atoms with Crippen molar-refractivity contribution in [3.8, 4) is 0 Å². The van der Waals surface area contributed by atoms with Crippen molar-refractivity contribution in [1.29, 1.82) is 0 Å². The largest absolute Gasteiger partial charge is 0.462 e. The average Bonchev–Trinajstić information content (AvgIpc) is 2.93. The Labute approximate surface area is 102 Å². The molecule has 3 atom stereocenters. The van der Waals surface area contributed by atoms with Gasteiger partial charge in [0.15, 0.2) is 0 Å². The summed E-state index contributed by atoms with van der Waals surface area (Å²) in [6.07, 6.45) is 8.18. The minimum atomic E-state index is -0.0526. The first-order valence-electron chi connectivity index (χ1n) is 6.73. The van der Waals surface area contributed by atoms with Crippen molar-refractivity contribution in [2.24, 2.45) is 0 Å². The number of carbonyl (C=O) groups excluding carboxylic acids is 1. The number of aliphatic hydroxyl groups excluding tert-OH is 1. The number of esters is 1. The molecule has 2 fully saturated rings. The lowest BCUT2D eigenvalue weighted by atomic mass is 10.0. The molecular weight excluding hydrogens is 220 g/mol. The van der Waals surface area contributed by atoms with E-state index in [0.29, 0.717) is 18.6 Å². The second-order valence-electron chi connectivity index (χ2n) is 5.05. The zero-order valence-corrected chi connectivity index (χ0v) is 10.3. The third kappa shape index (κ3) is 3.96. The predicted molar refractivity (Wildman–Crippen MR) is 62.6 cm³/mol. The van der Waals surface area contributed by atoms with Gasteiger partial charge in [-0.3, -0.25) is 4.79 Å². The van der Waals surface area contributed by atoms with Crippen LogP contribution in [0.4, 0.5) is 0 Å². The highest BCUT2D eigenvalue weighted by molar-refractivity contribution is 5.71. The fourth-order valence-electron chi connectivity index (χ4n) is 2.68. The molecule has 0 radical (unpaired) electrons. The highest BCUT2D eigenvalue weighted by Gasteiger charge is 2.28. The number of carbonyl (C=O) groups is 1. The lowest BCUT2D eigenvalue weighted by Gasteiger charge is -2.15. The summed E-state index contributed by atoms with van der Waals surface area (Å²) in [6.45, 7) is 0.253. The number of rotatable bonds is 6. The van der Waals surface area contributed by atoms with Gasteiger partial charge in [0.05, 0.1) is 12.2 Å². The molecule has 1 N–H and O–H groups in total. The van der Waals surface area contributed by atoms with Gasteiger partial charge in [0.1, 0.15) is 6.10 Å². The van der Waals surface area contributed by atoms with Crippen LogP contribution in [0.5, 0.6) is 0 Å².